The highest BCUT2D eigenvalue weighted by atomic mass is 15.0. The van der Waals surface area contributed by atoms with Crippen molar-refractivity contribution in [3.8, 4) is 0 Å². The Morgan fingerprint density at radius 3 is 2.92 bits per heavy atom. The van der Waals surface area contributed by atoms with Crippen molar-refractivity contribution < 1.29 is 0 Å². The summed E-state index contributed by atoms with van der Waals surface area (Å²) < 4.78 is 0. The van der Waals surface area contributed by atoms with E-state index in [2.05, 4.69) is 21.0 Å². The molecule has 3 rings (SSSR count). The van der Waals surface area contributed by atoms with E-state index in [4.69, 9.17) is 5.73 Å². The molecule has 0 saturated heterocycles. The summed E-state index contributed by atoms with van der Waals surface area (Å²) in [7, 11) is 0. The van der Waals surface area contributed by atoms with Crippen LogP contribution in [0.15, 0.2) is 12.4 Å². The van der Waals surface area contributed by atoms with E-state index >= 15 is 0 Å². The molecule has 0 unspecified atom stereocenters. The summed E-state index contributed by atoms with van der Waals surface area (Å²) >= 11 is 0. The minimum atomic E-state index is 0.563. The van der Waals surface area contributed by atoms with Gasteiger partial charge in [0.1, 0.15) is 17.8 Å². The average molecular weight is 174 g/mol. The van der Waals surface area contributed by atoms with Crippen LogP contribution in [0.2, 0.25) is 0 Å². The van der Waals surface area contributed by atoms with Crippen LogP contribution in [0.1, 0.15) is 24.5 Å². The number of hydrogen-bond acceptors (Lipinski definition) is 3. The Morgan fingerprint density at radius 2 is 2.23 bits per heavy atom. The molecule has 2 aromatic heterocycles. The summed E-state index contributed by atoms with van der Waals surface area (Å²) in [5, 5.41) is 0.949. The smallest absolute Gasteiger partial charge is 0.143 e. The molecule has 0 spiro atoms. The topological polar surface area (TPSA) is 67.6 Å². The fourth-order valence-corrected chi connectivity index (χ4v) is 1.59. The summed E-state index contributed by atoms with van der Waals surface area (Å²) in [6.07, 6.45) is 4.05. The van der Waals surface area contributed by atoms with Crippen molar-refractivity contribution >= 4 is 16.9 Å². The molecule has 4 nitrogen and oxygen atoms in total. The van der Waals surface area contributed by atoms with Crippen molar-refractivity contribution in [2.75, 3.05) is 5.73 Å². The first-order valence-corrected chi connectivity index (χ1v) is 4.43. The molecule has 0 aromatic carbocycles. The van der Waals surface area contributed by atoms with Crippen LogP contribution in [-0.2, 0) is 0 Å². The van der Waals surface area contributed by atoms with Gasteiger partial charge in [0.05, 0.1) is 5.39 Å². The van der Waals surface area contributed by atoms with Gasteiger partial charge >= 0.3 is 0 Å². The molecule has 0 aliphatic heterocycles. The fraction of sp³-hybridized carbons (Fsp3) is 0.333. The minimum Gasteiger partial charge on any atom is -0.383 e. The molecule has 1 fully saturated rings. The Bertz CT molecular complexity index is 456. The lowest BCUT2D eigenvalue weighted by molar-refractivity contribution is 1.05. The van der Waals surface area contributed by atoms with Gasteiger partial charge in [0.15, 0.2) is 0 Å². The third kappa shape index (κ3) is 0.983. The Kier molecular flexibility index (Phi) is 1.17. The molecule has 0 amide bonds. The molecular weight excluding hydrogens is 164 g/mol. The van der Waals surface area contributed by atoms with Gasteiger partial charge in [0, 0.05) is 5.69 Å². The summed E-state index contributed by atoms with van der Waals surface area (Å²) in [6, 6.07) is 2.07. The first kappa shape index (κ1) is 6.88. The van der Waals surface area contributed by atoms with Crippen LogP contribution < -0.4 is 5.73 Å². The lowest BCUT2D eigenvalue weighted by Crippen LogP contribution is -1.90. The van der Waals surface area contributed by atoms with Crippen LogP contribution in [-0.4, -0.2) is 15.0 Å². The van der Waals surface area contributed by atoms with Crippen molar-refractivity contribution in [3.05, 3.63) is 18.1 Å². The Morgan fingerprint density at radius 1 is 1.38 bits per heavy atom. The molecule has 0 bridgehead atoms. The van der Waals surface area contributed by atoms with Crippen molar-refractivity contribution in [2.24, 2.45) is 0 Å². The zero-order valence-electron chi connectivity index (χ0n) is 7.12. The molecule has 0 atom stereocenters. The molecular formula is C9H10N4. The van der Waals surface area contributed by atoms with E-state index in [1.54, 1.807) is 0 Å². The number of anilines is 1. The van der Waals surface area contributed by atoms with E-state index in [1.165, 1.54) is 24.9 Å². The Labute approximate surface area is 75.2 Å². The van der Waals surface area contributed by atoms with Crippen LogP contribution >= 0.6 is 0 Å². The maximum absolute atomic E-state index is 5.72. The number of aromatic amines is 1. The van der Waals surface area contributed by atoms with E-state index in [1.807, 2.05) is 0 Å². The number of H-pyrrole nitrogens is 1. The van der Waals surface area contributed by atoms with Gasteiger partial charge < -0.3 is 10.7 Å². The number of fused-ring (bicyclic) bond motifs is 1. The second-order valence-corrected chi connectivity index (χ2v) is 3.52. The largest absolute Gasteiger partial charge is 0.383 e. The highest BCUT2D eigenvalue weighted by molar-refractivity contribution is 5.86. The van der Waals surface area contributed by atoms with Crippen molar-refractivity contribution in [2.45, 2.75) is 18.8 Å². The number of nitrogens with one attached hydrogen (secondary N) is 1. The summed E-state index contributed by atoms with van der Waals surface area (Å²) in [6.45, 7) is 0. The lowest BCUT2D eigenvalue weighted by atomic mass is 10.3. The number of hydrogen-bond donors (Lipinski definition) is 2. The van der Waals surface area contributed by atoms with Gasteiger partial charge in [0.2, 0.25) is 0 Å². The molecule has 1 saturated carbocycles. The van der Waals surface area contributed by atoms with Gasteiger partial charge in [-0.3, -0.25) is 0 Å². The number of rotatable bonds is 1. The van der Waals surface area contributed by atoms with Crippen molar-refractivity contribution in [3.63, 3.8) is 0 Å². The number of nitrogens with two attached hydrogens (primary N) is 1. The van der Waals surface area contributed by atoms with Crippen LogP contribution in [0.3, 0.4) is 0 Å². The molecule has 1 aliphatic carbocycles. The third-order valence-corrected chi connectivity index (χ3v) is 2.49. The van der Waals surface area contributed by atoms with Crippen LogP contribution in [0, 0.1) is 0 Å². The second-order valence-electron chi connectivity index (χ2n) is 3.52. The van der Waals surface area contributed by atoms with Gasteiger partial charge in [-0.05, 0) is 24.8 Å². The highest BCUT2D eigenvalue weighted by Gasteiger charge is 2.25. The lowest BCUT2D eigenvalue weighted by Gasteiger charge is -1.90. The molecule has 0 radical (unpaired) electrons. The maximum atomic E-state index is 5.72. The zero-order chi connectivity index (χ0) is 8.84. The standard InChI is InChI=1S/C9H10N4/c10-8-6-3-7(5-1-2-5)13-9(6)12-4-11-8/h3-5H,1-2H2,(H3,10,11,12,13). The Hall–Kier alpha value is -1.58. The summed E-state index contributed by atoms with van der Waals surface area (Å²) in [5.74, 6) is 1.27. The molecule has 13 heavy (non-hydrogen) atoms. The first-order chi connectivity index (χ1) is 6.34. The Balaban J connectivity index is 2.26. The summed E-state index contributed by atoms with van der Waals surface area (Å²) in [4.78, 5) is 11.3. The van der Waals surface area contributed by atoms with Crippen LogP contribution in [0.25, 0.3) is 11.0 Å². The predicted molar refractivity (Wildman–Crippen MR) is 50.3 cm³/mol. The first-order valence-electron chi connectivity index (χ1n) is 4.43. The van der Waals surface area contributed by atoms with Gasteiger partial charge in [-0.1, -0.05) is 0 Å². The van der Waals surface area contributed by atoms with Gasteiger partial charge in [-0.15, -0.1) is 0 Å². The molecule has 1 aliphatic rings. The average Bonchev–Trinajstić information content (AvgIpc) is 2.87. The van der Waals surface area contributed by atoms with Gasteiger partial charge in [-0.25, -0.2) is 9.97 Å². The maximum Gasteiger partial charge on any atom is 0.143 e. The van der Waals surface area contributed by atoms with E-state index in [0.717, 1.165) is 11.0 Å². The van der Waals surface area contributed by atoms with Crippen LogP contribution in [0.5, 0.6) is 0 Å². The zero-order valence-corrected chi connectivity index (χ0v) is 7.12. The number of nitrogens with zero attached hydrogens (tertiary/aromatic N) is 2. The predicted octanol–water partition coefficient (Wildman–Crippen LogP) is 1.42. The summed E-state index contributed by atoms with van der Waals surface area (Å²) in [5.41, 5.74) is 7.83. The molecule has 2 heterocycles. The molecule has 2 aromatic rings. The van der Waals surface area contributed by atoms with Gasteiger partial charge in [-0.2, -0.15) is 0 Å². The monoisotopic (exact) mass is 174 g/mol. The molecule has 3 N–H and O–H groups in total. The quantitative estimate of drug-likeness (QED) is 0.687. The van der Waals surface area contributed by atoms with E-state index in [0.29, 0.717) is 11.7 Å². The van der Waals surface area contributed by atoms with Crippen LogP contribution in [0.4, 0.5) is 5.82 Å². The SMILES string of the molecule is Nc1ncnc2[nH]c(C3CC3)cc12. The number of aromatic nitrogens is 3. The van der Waals surface area contributed by atoms with E-state index in [9.17, 15) is 0 Å². The minimum absolute atomic E-state index is 0.563. The fourth-order valence-electron chi connectivity index (χ4n) is 1.59. The van der Waals surface area contributed by atoms with E-state index in [-0.39, 0.29) is 0 Å². The number of nitrogen functional groups attached to an aromatic ring is 1. The van der Waals surface area contributed by atoms with Crippen molar-refractivity contribution in [1.82, 2.24) is 15.0 Å². The normalized spacial score (nSPS) is 16.6. The third-order valence-electron chi connectivity index (χ3n) is 2.49. The molecule has 66 valence electrons. The van der Waals surface area contributed by atoms with Gasteiger partial charge in [0.25, 0.3) is 0 Å². The van der Waals surface area contributed by atoms with Crippen molar-refractivity contribution in [1.29, 1.82) is 0 Å². The highest BCUT2D eigenvalue weighted by Crippen LogP contribution is 2.40. The second kappa shape index (κ2) is 2.22. The van der Waals surface area contributed by atoms with E-state index < -0.39 is 0 Å². The molecule has 4 heteroatoms.